The van der Waals surface area contributed by atoms with E-state index in [0.717, 1.165) is 18.4 Å². The molecule has 0 aromatic heterocycles. The molecule has 2 nitrogen and oxygen atoms in total. The zero-order chi connectivity index (χ0) is 12.1. The highest BCUT2D eigenvalue weighted by atomic mass is 16.3. The zero-order valence-corrected chi connectivity index (χ0v) is 11.4. The molecule has 2 heteroatoms. The number of rotatable bonds is 4. The molecule has 0 radical (unpaired) electrons. The van der Waals surface area contributed by atoms with Gasteiger partial charge in [-0.25, -0.2) is 0 Å². The Labute approximate surface area is 106 Å². The number of aliphatic hydroxyl groups excluding tert-OH is 1. The van der Waals surface area contributed by atoms with Gasteiger partial charge in [0.1, 0.15) is 0 Å². The minimum Gasteiger partial charge on any atom is -0.394 e. The summed E-state index contributed by atoms with van der Waals surface area (Å²) in [5.41, 5.74) is 0.0707. The summed E-state index contributed by atoms with van der Waals surface area (Å²) >= 11 is 0. The molecule has 17 heavy (non-hydrogen) atoms. The summed E-state index contributed by atoms with van der Waals surface area (Å²) in [5, 5.41) is 13.4. The Morgan fingerprint density at radius 1 is 1.06 bits per heavy atom. The lowest BCUT2D eigenvalue weighted by atomic mass is 9.80. The van der Waals surface area contributed by atoms with Crippen LogP contribution in [0.1, 0.15) is 64.7 Å². The minimum atomic E-state index is 0.0707. The molecule has 0 aromatic rings. The van der Waals surface area contributed by atoms with Crippen LogP contribution in [0.3, 0.4) is 0 Å². The van der Waals surface area contributed by atoms with E-state index >= 15 is 0 Å². The molecule has 0 aromatic carbocycles. The fourth-order valence-electron chi connectivity index (χ4n) is 3.51. The van der Waals surface area contributed by atoms with Gasteiger partial charge in [-0.05, 0) is 44.1 Å². The van der Waals surface area contributed by atoms with E-state index in [9.17, 15) is 5.11 Å². The first kappa shape index (κ1) is 13.4. The fourth-order valence-corrected chi connectivity index (χ4v) is 3.51. The second-order valence-corrected chi connectivity index (χ2v) is 6.51. The Morgan fingerprint density at radius 3 is 2.29 bits per heavy atom. The summed E-state index contributed by atoms with van der Waals surface area (Å²) in [7, 11) is 0. The van der Waals surface area contributed by atoms with Crippen LogP contribution in [-0.2, 0) is 0 Å². The minimum absolute atomic E-state index is 0.0707. The van der Waals surface area contributed by atoms with Crippen LogP contribution < -0.4 is 5.32 Å². The van der Waals surface area contributed by atoms with Gasteiger partial charge in [0.25, 0.3) is 0 Å². The van der Waals surface area contributed by atoms with E-state index in [1.165, 1.54) is 57.8 Å². The molecule has 2 N–H and O–H groups in total. The summed E-state index contributed by atoms with van der Waals surface area (Å²) in [6.07, 6.45) is 11.8. The summed E-state index contributed by atoms with van der Waals surface area (Å²) in [6, 6.07) is 0. The van der Waals surface area contributed by atoms with E-state index in [4.69, 9.17) is 0 Å². The van der Waals surface area contributed by atoms with Crippen molar-refractivity contribution < 1.29 is 5.11 Å². The molecule has 0 saturated heterocycles. The summed E-state index contributed by atoms with van der Waals surface area (Å²) < 4.78 is 0. The number of hydrogen-bond donors (Lipinski definition) is 2. The maximum absolute atomic E-state index is 9.65. The van der Waals surface area contributed by atoms with Crippen LogP contribution in [-0.4, -0.2) is 23.8 Å². The van der Waals surface area contributed by atoms with E-state index in [-0.39, 0.29) is 5.54 Å². The van der Waals surface area contributed by atoms with Gasteiger partial charge in [-0.15, -0.1) is 0 Å². The van der Waals surface area contributed by atoms with E-state index < -0.39 is 0 Å². The first-order chi connectivity index (χ1) is 8.24. The molecule has 0 bridgehead atoms. The fraction of sp³-hybridized carbons (Fsp3) is 1.00. The van der Waals surface area contributed by atoms with Crippen molar-refractivity contribution in [2.24, 2.45) is 11.8 Å². The predicted octanol–water partition coefficient (Wildman–Crippen LogP) is 3.10. The van der Waals surface area contributed by atoms with Crippen LogP contribution >= 0.6 is 0 Å². The van der Waals surface area contributed by atoms with Crippen molar-refractivity contribution in [1.82, 2.24) is 5.32 Å². The van der Waals surface area contributed by atoms with E-state index in [1.807, 2.05) is 0 Å². The standard InChI is InChI=1S/C15H29NO/c1-13-5-7-14(8-6-13)11-16-15(12-17)9-3-2-4-10-15/h13-14,16-17H,2-12H2,1H3. The maximum atomic E-state index is 9.65. The highest BCUT2D eigenvalue weighted by Gasteiger charge is 2.31. The van der Waals surface area contributed by atoms with Crippen LogP contribution in [0, 0.1) is 11.8 Å². The molecule has 0 atom stereocenters. The Kier molecular flexibility index (Phi) is 4.87. The van der Waals surface area contributed by atoms with Crippen molar-refractivity contribution in [2.75, 3.05) is 13.2 Å². The molecule has 0 amide bonds. The Balaban J connectivity index is 1.75. The molecule has 2 rings (SSSR count). The molecule has 2 saturated carbocycles. The summed E-state index contributed by atoms with van der Waals surface area (Å²) in [4.78, 5) is 0. The molecular formula is C15H29NO. The van der Waals surface area contributed by atoms with Crippen LogP contribution in [0.2, 0.25) is 0 Å². The molecule has 0 unspecified atom stereocenters. The molecule has 0 spiro atoms. The number of hydrogen-bond acceptors (Lipinski definition) is 2. The number of nitrogens with one attached hydrogen (secondary N) is 1. The third-order valence-electron chi connectivity index (χ3n) is 5.01. The monoisotopic (exact) mass is 239 g/mol. The predicted molar refractivity (Wildman–Crippen MR) is 72.0 cm³/mol. The van der Waals surface area contributed by atoms with Crippen molar-refractivity contribution in [1.29, 1.82) is 0 Å². The average molecular weight is 239 g/mol. The van der Waals surface area contributed by atoms with Gasteiger partial charge < -0.3 is 10.4 Å². The van der Waals surface area contributed by atoms with Crippen molar-refractivity contribution in [2.45, 2.75) is 70.3 Å². The lowest BCUT2D eigenvalue weighted by Crippen LogP contribution is -2.51. The third kappa shape index (κ3) is 3.69. The van der Waals surface area contributed by atoms with Gasteiger partial charge in [-0.1, -0.05) is 39.0 Å². The first-order valence-corrected chi connectivity index (χ1v) is 7.60. The van der Waals surface area contributed by atoms with Crippen LogP contribution in [0.25, 0.3) is 0 Å². The molecule has 2 aliphatic rings. The summed E-state index contributed by atoms with van der Waals surface area (Å²) in [5.74, 6) is 1.80. The number of aliphatic hydroxyl groups is 1. The summed E-state index contributed by atoms with van der Waals surface area (Å²) in [6.45, 7) is 3.84. The van der Waals surface area contributed by atoms with Crippen LogP contribution in [0.5, 0.6) is 0 Å². The molecule has 0 heterocycles. The van der Waals surface area contributed by atoms with Gasteiger partial charge >= 0.3 is 0 Å². The quantitative estimate of drug-likeness (QED) is 0.790. The van der Waals surface area contributed by atoms with Gasteiger partial charge in [0, 0.05) is 5.54 Å². The lowest BCUT2D eigenvalue weighted by Gasteiger charge is -2.38. The normalized spacial score (nSPS) is 33.5. The van der Waals surface area contributed by atoms with Crippen LogP contribution in [0.4, 0.5) is 0 Å². The first-order valence-electron chi connectivity index (χ1n) is 7.60. The molecule has 0 aliphatic heterocycles. The van der Waals surface area contributed by atoms with E-state index in [2.05, 4.69) is 12.2 Å². The SMILES string of the molecule is CC1CCC(CNC2(CO)CCCCC2)CC1. The van der Waals surface area contributed by atoms with Crippen LogP contribution in [0.15, 0.2) is 0 Å². The molecule has 2 fully saturated rings. The zero-order valence-electron chi connectivity index (χ0n) is 11.4. The van der Waals surface area contributed by atoms with Gasteiger partial charge in [-0.3, -0.25) is 0 Å². The molecular weight excluding hydrogens is 210 g/mol. The van der Waals surface area contributed by atoms with Crippen molar-refractivity contribution >= 4 is 0 Å². The van der Waals surface area contributed by atoms with Gasteiger partial charge in [0.2, 0.25) is 0 Å². The Bertz CT molecular complexity index is 215. The largest absolute Gasteiger partial charge is 0.394 e. The third-order valence-corrected chi connectivity index (χ3v) is 5.01. The van der Waals surface area contributed by atoms with Gasteiger partial charge in [0.05, 0.1) is 6.61 Å². The second kappa shape index (κ2) is 6.19. The van der Waals surface area contributed by atoms with E-state index in [1.54, 1.807) is 0 Å². The molecule has 2 aliphatic carbocycles. The smallest absolute Gasteiger partial charge is 0.0613 e. The van der Waals surface area contributed by atoms with Crippen molar-refractivity contribution in [3.8, 4) is 0 Å². The van der Waals surface area contributed by atoms with Gasteiger partial charge in [-0.2, -0.15) is 0 Å². The lowest BCUT2D eigenvalue weighted by molar-refractivity contribution is 0.111. The average Bonchev–Trinajstić information content (AvgIpc) is 2.39. The highest BCUT2D eigenvalue weighted by molar-refractivity contribution is 4.91. The second-order valence-electron chi connectivity index (χ2n) is 6.51. The topological polar surface area (TPSA) is 32.3 Å². The highest BCUT2D eigenvalue weighted by Crippen LogP contribution is 2.31. The van der Waals surface area contributed by atoms with Crippen molar-refractivity contribution in [3.05, 3.63) is 0 Å². The maximum Gasteiger partial charge on any atom is 0.0613 e. The Hall–Kier alpha value is -0.0800. The van der Waals surface area contributed by atoms with Gasteiger partial charge in [0.15, 0.2) is 0 Å². The molecule has 100 valence electrons. The van der Waals surface area contributed by atoms with Crippen molar-refractivity contribution in [3.63, 3.8) is 0 Å². The van der Waals surface area contributed by atoms with E-state index in [0.29, 0.717) is 6.61 Å². The Morgan fingerprint density at radius 2 is 1.71 bits per heavy atom.